The number of carbonyl (C=O) groups excluding carboxylic acids is 5. The van der Waals surface area contributed by atoms with E-state index in [9.17, 15) is 41.5 Å². The maximum absolute atomic E-state index is 14.9. The molecule has 0 fully saturated rings. The number of rotatable bonds is 4. The van der Waals surface area contributed by atoms with Crippen LogP contribution in [0.2, 0.25) is 0 Å². The van der Waals surface area contributed by atoms with Gasteiger partial charge in [0.25, 0.3) is 0 Å². The third-order valence-electron chi connectivity index (χ3n) is 9.38. The van der Waals surface area contributed by atoms with Crippen molar-refractivity contribution in [2.45, 2.75) is 6.61 Å². The minimum absolute atomic E-state index is 0.0324. The molecule has 15 heteroatoms. The molecular formula is C40H15F4NO6S4. The first-order chi connectivity index (χ1) is 26.5. The minimum Gasteiger partial charge on any atom is -0.444 e. The van der Waals surface area contributed by atoms with Crippen LogP contribution in [0.25, 0.3) is 62.5 Å². The summed E-state index contributed by atoms with van der Waals surface area (Å²) in [5.41, 5.74) is 0.272. The van der Waals surface area contributed by atoms with Gasteiger partial charge in [-0.1, -0.05) is 30.3 Å². The Morgan fingerprint density at radius 1 is 0.600 bits per heavy atom. The molecule has 10 rings (SSSR count). The second kappa shape index (κ2) is 12.1. The van der Waals surface area contributed by atoms with Crippen LogP contribution in [0.4, 0.5) is 22.4 Å². The highest BCUT2D eigenvalue weighted by Crippen LogP contribution is 2.51. The Hall–Kier alpha value is -5.87. The number of fused-ring (bicyclic) bond motifs is 9. The number of aromatic nitrogens is 1. The fraction of sp³-hybridized carbons (Fsp3) is 0.0250. The lowest BCUT2D eigenvalue weighted by Crippen LogP contribution is -2.13. The Bertz CT molecular complexity index is 3190. The molecular weight excluding hydrogens is 795 g/mol. The zero-order valence-electron chi connectivity index (χ0n) is 27.3. The number of Topliss-reactive ketones (excluding diaryl/α,β-unsaturated/α-hetero) is 4. The zero-order chi connectivity index (χ0) is 38.0. The van der Waals surface area contributed by atoms with E-state index in [2.05, 4.69) is 0 Å². The molecule has 0 saturated heterocycles. The minimum atomic E-state index is -1.12. The molecule has 0 radical (unpaired) electrons. The van der Waals surface area contributed by atoms with E-state index in [4.69, 9.17) is 4.74 Å². The summed E-state index contributed by atoms with van der Waals surface area (Å²) in [6.45, 7) is -0.0324. The van der Waals surface area contributed by atoms with E-state index >= 15 is 0 Å². The van der Waals surface area contributed by atoms with Gasteiger partial charge in [0.15, 0.2) is 0 Å². The van der Waals surface area contributed by atoms with Crippen LogP contribution in [0.3, 0.4) is 0 Å². The summed E-state index contributed by atoms with van der Waals surface area (Å²) in [6.07, 6.45) is 2.12. The highest BCUT2D eigenvalue weighted by molar-refractivity contribution is 7.39. The molecule has 8 aromatic rings. The number of allylic oxidation sites excluding steroid dienone is 2. The fourth-order valence-corrected chi connectivity index (χ4v) is 12.3. The molecule has 5 aromatic heterocycles. The van der Waals surface area contributed by atoms with Crippen LogP contribution < -0.4 is 0 Å². The predicted octanol–water partition coefficient (Wildman–Crippen LogP) is 10.7. The smallest absolute Gasteiger partial charge is 0.419 e. The van der Waals surface area contributed by atoms with Crippen molar-refractivity contribution in [1.29, 1.82) is 0 Å². The van der Waals surface area contributed by atoms with E-state index in [1.165, 1.54) is 62.1 Å². The molecule has 0 atom stereocenters. The SMILES string of the molecule is O=C1C(=O)c2c(F)cc(F)cc2/C1=C/c1cc2sc3c4sc5cc(/C=C6\C(=O)C(=O)c7cc(F)cc(F)c76)sc5c4n(C(=O)OCc4ccccc4)c3c2s1. The van der Waals surface area contributed by atoms with E-state index < -0.39 is 58.1 Å². The van der Waals surface area contributed by atoms with E-state index in [1.807, 2.05) is 30.3 Å². The lowest BCUT2D eigenvalue weighted by Gasteiger charge is -2.07. The van der Waals surface area contributed by atoms with Gasteiger partial charge in [0.1, 0.15) is 29.9 Å². The molecule has 0 amide bonds. The molecule has 2 aliphatic carbocycles. The average Bonchev–Trinajstić information content (AvgIpc) is 3.99. The van der Waals surface area contributed by atoms with E-state index in [0.29, 0.717) is 42.3 Å². The molecule has 0 N–H and O–H groups in total. The van der Waals surface area contributed by atoms with Crippen LogP contribution in [-0.4, -0.2) is 33.8 Å². The summed E-state index contributed by atoms with van der Waals surface area (Å²) in [7, 11) is 0. The molecule has 0 unspecified atom stereocenters. The third kappa shape index (κ3) is 5.00. The Labute approximate surface area is 320 Å². The maximum atomic E-state index is 14.9. The molecule has 3 aromatic carbocycles. The molecule has 0 bridgehead atoms. The second-order valence-electron chi connectivity index (χ2n) is 12.7. The number of hydrogen-bond acceptors (Lipinski definition) is 10. The second-order valence-corrected chi connectivity index (χ2v) is 16.9. The number of benzene rings is 3. The lowest BCUT2D eigenvalue weighted by atomic mass is 10.1. The fourth-order valence-electron chi connectivity index (χ4n) is 7.05. The Morgan fingerprint density at radius 2 is 1.15 bits per heavy atom. The van der Waals surface area contributed by atoms with Crippen LogP contribution in [-0.2, 0) is 20.9 Å². The molecule has 5 heterocycles. The first-order valence-corrected chi connectivity index (χ1v) is 19.5. The number of nitrogens with zero attached hydrogens (tertiary/aromatic N) is 1. The lowest BCUT2D eigenvalue weighted by molar-refractivity contribution is -0.110. The number of hydrogen-bond donors (Lipinski definition) is 0. The van der Waals surface area contributed by atoms with Crippen molar-refractivity contribution in [2.75, 3.05) is 0 Å². The van der Waals surface area contributed by atoms with Crippen molar-refractivity contribution in [3.63, 3.8) is 0 Å². The van der Waals surface area contributed by atoms with Gasteiger partial charge in [-0.25, -0.2) is 26.9 Å². The van der Waals surface area contributed by atoms with Crippen molar-refractivity contribution in [2.24, 2.45) is 0 Å². The predicted molar refractivity (Wildman–Crippen MR) is 205 cm³/mol. The first kappa shape index (κ1) is 33.7. The number of carbonyl (C=O) groups is 5. The van der Waals surface area contributed by atoms with E-state index in [1.54, 1.807) is 12.1 Å². The van der Waals surface area contributed by atoms with Gasteiger partial charge >= 0.3 is 6.09 Å². The summed E-state index contributed by atoms with van der Waals surface area (Å²) in [5.74, 6) is -8.02. The Morgan fingerprint density at radius 3 is 1.76 bits per heavy atom. The van der Waals surface area contributed by atoms with Gasteiger partial charge in [0.05, 0.1) is 35.4 Å². The van der Waals surface area contributed by atoms with Gasteiger partial charge in [0, 0.05) is 59.1 Å². The summed E-state index contributed by atoms with van der Waals surface area (Å²) in [4.78, 5) is 66.3. The van der Waals surface area contributed by atoms with Crippen LogP contribution in [0.5, 0.6) is 0 Å². The monoisotopic (exact) mass is 809 g/mol. The summed E-state index contributed by atoms with van der Waals surface area (Å²) < 4.78 is 69.2. The van der Waals surface area contributed by atoms with Crippen LogP contribution >= 0.6 is 45.3 Å². The highest BCUT2D eigenvalue weighted by Gasteiger charge is 2.38. The average molecular weight is 810 g/mol. The van der Waals surface area contributed by atoms with Crippen molar-refractivity contribution in [1.82, 2.24) is 4.57 Å². The van der Waals surface area contributed by atoms with Gasteiger partial charge in [-0.05, 0) is 42.0 Å². The Kier molecular flexibility index (Phi) is 7.39. The molecule has 55 heavy (non-hydrogen) atoms. The van der Waals surface area contributed by atoms with Crippen LogP contribution in [0.1, 0.15) is 47.2 Å². The third-order valence-corrected chi connectivity index (χ3v) is 14.2. The molecule has 0 aliphatic heterocycles. The van der Waals surface area contributed by atoms with E-state index in [0.717, 1.165) is 36.5 Å². The van der Waals surface area contributed by atoms with Gasteiger partial charge in [-0.15, -0.1) is 45.3 Å². The summed E-state index contributed by atoms with van der Waals surface area (Å²) >= 11 is 5.21. The standard InChI is InChI=1S/C40H15F4NO6S4/c41-16-6-20-21(32(46)35(49)29(20)25(44)9-16)10-18-12-26-36(52-18)30-38(54-26)39-31(45(30)40(50)51-14-15-4-2-1-3-5-15)37-27(55-39)13-19(53-37)11-23-28-22(33(47)34(23)48)7-17(42)8-24(28)43/h1-13H,14H2/b21-10-,23-11-. The van der Waals surface area contributed by atoms with Gasteiger partial charge < -0.3 is 4.74 Å². The molecule has 0 spiro atoms. The molecule has 268 valence electrons. The largest absolute Gasteiger partial charge is 0.444 e. The van der Waals surface area contributed by atoms with Crippen LogP contribution in [0, 0.1) is 23.3 Å². The highest BCUT2D eigenvalue weighted by atomic mass is 32.1. The molecule has 7 nitrogen and oxygen atoms in total. The number of thiophene rings is 4. The number of ether oxygens (including phenoxy) is 1. The number of ketones is 4. The Balaban J connectivity index is 1.14. The van der Waals surface area contributed by atoms with Crippen molar-refractivity contribution < 1.29 is 46.3 Å². The zero-order valence-corrected chi connectivity index (χ0v) is 30.5. The van der Waals surface area contributed by atoms with Crippen molar-refractivity contribution in [3.05, 3.63) is 128 Å². The first-order valence-electron chi connectivity index (χ1n) is 16.2. The maximum Gasteiger partial charge on any atom is 0.419 e. The summed E-state index contributed by atoms with van der Waals surface area (Å²) in [6, 6.07) is 15.6. The van der Waals surface area contributed by atoms with Crippen molar-refractivity contribution in [3.8, 4) is 0 Å². The summed E-state index contributed by atoms with van der Waals surface area (Å²) in [5, 5.41) is 0. The number of halogens is 4. The topological polar surface area (TPSA) is 99.5 Å². The quantitative estimate of drug-likeness (QED) is 0.0997. The van der Waals surface area contributed by atoms with Gasteiger partial charge in [-0.2, -0.15) is 0 Å². The molecule has 0 saturated carbocycles. The normalized spacial score (nSPS) is 15.6. The molecule has 2 aliphatic rings. The van der Waals surface area contributed by atoms with Crippen LogP contribution in [0.15, 0.2) is 66.7 Å². The van der Waals surface area contributed by atoms with Crippen molar-refractivity contribution >= 4 is 137 Å². The van der Waals surface area contributed by atoms with Gasteiger partial charge in [0.2, 0.25) is 23.1 Å². The van der Waals surface area contributed by atoms with Gasteiger partial charge in [-0.3, -0.25) is 19.2 Å². The van der Waals surface area contributed by atoms with E-state index in [-0.39, 0.29) is 34.4 Å².